The molecular formula is C14H22N2O3S. The molecule has 1 saturated heterocycles. The Hall–Kier alpha value is -0.980. The molecule has 0 aromatic carbocycles. The Balaban J connectivity index is 1.95. The van der Waals surface area contributed by atoms with Gasteiger partial charge in [0.1, 0.15) is 23.3 Å². The van der Waals surface area contributed by atoms with E-state index in [1.165, 1.54) is 0 Å². The third kappa shape index (κ3) is 3.56. The van der Waals surface area contributed by atoms with Gasteiger partial charge in [0.15, 0.2) is 0 Å². The van der Waals surface area contributed by atoms with Crippen molar-refractivity contribution in [2.75, 3.05) is 13.7 Å². The summed E-state index contributed by atoms with van der Waals surface area (Å²) in [4.78, 5) is 18.3. The fourth-order valence-corrected chi connectivity index (χ4v) is 3.18. The molecule has 0 N–H and O–H groups in total. The molecule has 1 aromatic heterocycles. The number of hydrogen-bond donors (Lipinski definition) is 0. The summed E-state index contributed by atoms with van der Waals surface area (Å²) in [5.74, 6) is -0.127. The van der Waals surface area contributed by atoms with Crippen LogP contribution in [0.4, 0.5) is 0 Å². The van der Waals surface area contributed by atoms with Crippen LogP contribution in [0.1, 0.15) is 44.0 Å². The monoisotopic (exact) mass is 298 g/mol. The molecule has 2 heterocycles. The topological polar surface area (TPSA) is 51.7 Å². The Morgan fingerprint density at radius 3 is 3.00 bits per heavy atom. The summed E-state index contributed by atoms with van der Waals surface area (Å²) in [5.41, 5.74) is 0.978. The number of thiazole rings is 1. The van der Waals surface area contributed by atoms with E-state index in [1.54, 1.807) is 11.3 Å². The second-order valence-corrected chi connectivity index (χ2v) is 6.08. The maximum Gasteiger partial charge on any atom is 0.323 e. The van der Waals surface area contributed by atoms with Crippen molar-refractivity contribution < 1.29 is 14.3 Å². The lowest BCUT2D eigenvalue weighted by molar-refractivity contribution is -0.144. The van der Waals surface area contributed by atoms with Gasteiger partial charge in [0.05, 0.1) is 5.69 Å². The maximum atomic E-state index is 11.7. The van der Waals surface area contributed by atoms with Crippen molar-refractivity contribution in [2.45, 2.75) is 52.0 Å². The molecule has 1 aromatic rings. The lowest BCUT2D eigenvalue weighted by Gasteiger charge is -2.19. The van der Waals surface area contributed by atoms with Gasteiger partial charge in [-0.25, -0.2) is 4.98 Å². The van der Waals surface area contributed by atoms with Crippen LogP contribution < -0.4 is 0 Å². The zero-order valence-electron chi connectivity index (χ0n) is 12.5. The molecule has 3 atom stereocenters. The van der Waals surface area contributed by atoms with E-state index in [0.29, 0.717) is 13.2 Å². The van der Waals surface area contributed by atoms with E-state index >= 15 is 0 Å². The van der Waals surface area contributed by atoms with Gasteiger partial charge in [-0.2, -0.15) is 0 Å². The van der Waals surface area contributed by atoms with Crippen LogP contribution in [-0.2, 0) is 20.8 Å². The number of carbonyl (C=O) groups is 1. The first-order chi connectivity index (χ1) is 9.51. The zero-order valence-corrected chi connectivity index (χ0v) is 13.3. The minimum Gasteiger partial charge on any atom is -0.461 e. The molecule has 0 amide bonds. The Kier molecular flexibility index (Phi) is 5.12. The molecule has 1 fully saturated rings. The second kappa shape index (κ2) is 6.65. The molecule has 0 unspecified atom stereocenters. The second-order valence-electron chi connectivity index (χ2n) is 5.19. The summed E-state index contributed by atoms with van der Waals surface area (Å²) < 4.78 is 10.7. The van der Waals surface area contributed by atoms with Gasteiger partial charge < -0.3 is 9.47 Å². The van der Waals surface area contributed by atoms with Crippen LogP contribution >= 0.6 is 11.3 Å². The fourth-order valence-electron chi connectivity index (χ4n) is 2.36. The highest BCUT2D eigenvalue weighted by Gasteiger charge is 2.34. The summed E-state index contributed by atoms with van der Waals surface area (Å²) in [7, 11) is 1.94. The molecule has 0 radical (unpaired) electrons. The molecule has 0 saturated carbocycles. The van der Waals surface area contributed by atoms with Crippen LogP contribution in [0, 0.1) is 0 Å². The zero-order chi connectivity index (χ0) is 14.7. The average molecular weight is 298 g/mol. The van der Waals surface area contributed by atoms with Crippen molar-refractivity contribution in [1.82, 2.24) is 9.88 Å². The number of carbonyl (C=O) groups excluding carboxylic acids is 1. The molecule has 6 heteroatoms. The first kappa shape index (κ1) is 15.4. The molecule has 0 aliphatic carbocycles. The van der Waals surface area contributed by atoms with Crippen molar-refractivity contribution in [1.29, 1.82) is 0 Å². The fraction of sp³-hybridized carbons (Fsp3) is 0.714. The number of ether oxygens (including phenoxy) is 2. The molecule has 1 aliphatic heterocycles. The van der Waals surface area contributed by atoms with E-state index in [1.807, 2.05) is 38.1 Å². The third-order valence-electron chi connectivity index (χ3n) is 3.42. The number of aromatic nitrogens is 1. The van der Waals surface area contributed by atoms with Crippen molar-refractivity contribution in [3.8, 4) is 0 Å². The first-order valence-corrected chi connectivity index (χ1v) is 7.85. The number of hydrogen-bond acceptors (Lipinski definition) is 6. The van der Waals surface area contributed by atoms with Crippen molar-refractivity contribution in [2.24, 2.45) is 0 Å². The van der Waals surface area contributed by atoms with E-state index in [2.05, 4.69) is 4.98 Å². The number of cyclic esters (lactones) is 1. The van der Waals surface area contributed by atoms with E-state index < -0.39 is 0 Å². The number of nitrogens with zero attached hydrogens (tertiary/aromatic N) is 2. The highest BCUT2D eigenvalue weighted by molar-refractivity contribution is 7.09. The Bertz CT molecular complexity index is 463. The minimum absolute atomic E-state index is 0.0129. The van der Waals surface area contributed by atoms with Gasteiger partial charge in [-0.1, -0.05) is 0 Å². The highest BCUT2D eigenvalue weighted by atomic mass is 32.1. The minimum atomic E-state index is -0.153. The van der Waals surface area contributed by atoms with Crippen molar-refractivity contribution in [3.05, 3.63) is 16.1 Å². The molecular weight excluding hydrogens is 276 g/mol. The molecule has 112 valence electrons. The van der Waals surface area contributed by atoms with E-state index in [9.17, 15) is 4.79 Å². The Morgan fingerprint density at radius 1 is 1.65 bits per heavy atom. The van der Waals surface area contributed by atoms with Crippen molar-refractivity contribution >= 4 is 17.3 Å². The number of likely N-dealkylation sites (N-methyl/N-ethyl adjacent to an activating group) is 1. The highest BCUT2D eigenvalue weighted by Crippen LogP contribution is 2.24. The van der Waals surface area contributed by atoms with Crippen LogP contribution in [0.3, 0.4) is 0 Å². The molecule has 0 bridgehead atoms. The molecule has 2 rings (SSSR count). The lowest BCUT2D eigenvalue weighted by Crippen LogP contribution is -2.34. The van der Waals surface area contributed by atoms with Gasteiger partial charge in [-0.15, -0.1) is 11.3 Å². The van der Waals surface area contributed by atoms with Gasteiger partial charge in [0.2, 0.25) is 0 Å². The van der Waals surface area contributed by atoms with E-state index in [-0.39, 0.29) is 24.2 Å². The van der Waals surface area contributed by atoms with Crippen LogP contribution in [0.15, 0.2) is 5.38 Å². The van der Waals surface area contributed by atoms with Gasteiger partial charge >= 0.3 is 5.97 Å². The summed E-state index contributed by atoms with van der Waals surface area (Å²) in [6.07, 6.45) is 0.793. The molecule has 0 spiro atoms. The van der Waals surface area contributed by atoms with E-state index in [0.717, 1.165) is 17.1 Å². The van der Waals surface area contributed by atoms with Gasteiger partial charge in [-0.05, 0) is 27.8 Å². The lowest BCUT2D eigenvalue weighted by atomic mass is 10.1. The number of esters is 1. The quantitative estimate of drug-likeness (QED) is 0.755. The number of rotatable bonds is 6. The standard InChI is InChI=1S/C14H22N2O3S/c1-5-18-10(3)13-15-11(8-20-13)7-16(4)12-6-9(2)19-14(12)17/h8-10,12H,5-7H2,1-4H3/t9-,10-,12-/m1/s1. The van der Waals surface area contributed by atoms with Crippen LogP contribution in [0.5, 0.6) is 0 Å². The smallest absolute Gasteiger partial charge is 0.323 e. The molecule has 20 heavy (non-hydrogen) atoms. The average Bonchev–Trinajstić information content (AvgIpc) is 2.96. The summed E-state index contributed by atoms with van der Waals surface area (Å²) >= 11 is 1.60. The molecule has 1 aliphatic rings. The predicted octanol–water partition coefficient (Wildman–Crippen LogP) is 2.38. The summed E-state index contributed by atoms with van der Waals surface area (Å²) in [6.45, 7) is 7.25. The Morgan fingerprint density at radius 2 is 2.40 bits per heavy atom. The summed E-state index contributed by atoms with van der Waals surface area (Å²) in [6, 6.07) is -0.153. The van der Waals surface area contributed by atoms with Crippen LogP contribution in [-0.4, -0.2) is 41.7 Å². The Labute approximate surface area is 123 Å². The molecule has 5 nitrogen and oxygen atoms in total. The normalized spacial score (nSPS) is 24.1. The van der Waals surface area contributed by atoms with Gasteiger partial charge in [0.25, 0.3) is 0 Å². The predicted molar refractivity (Wildman–Crippen MR) is 77.6 cm³/mol. The van der Waals surface area contributed by atoms with Gasteiger partial charge in [-0.3, -0.25) is 9.69 Å². The van der Waals surface area contributed by atoms with Crippen LogP contribution in [0.2, 0.25) is 0 Å². The van der Waals surface area contributed by atoms with Crippen molar-refractivity contribution in [3.63, 3.8) is 0 Å². The maximum absolute atomic E-state index is 11.7. The van der Waals surface area contributed by atoms with E-state index in [4.69, 9.17) is 9.47 Å². The SMILES string of the molecule is CCO[C@H](C)c1nc(CN(C)[C@@H]2C[C@@H](C)OC2=O)cs1. The third-order valence-corrected chi connectivity index (χ3v) is 4.48. The largest absolute Gasteiger partial charge is 0.461 e. The van der Waals surface area contributed by atoms with Crippen LogP contribution in [0.25, 0.3) is 0 Å². The first-order valence-electron chi connectivity index (χ1n) is 6.97. The summed E-state index contributed by atoms with van der Waals surface area (Å²) in [5, 5.41) is 3.02. The van der Waals surface area contributed by atoms with Gasteiger partial charge in [0, 0.05) is 25.0 Å².